The molecule has 0 saturated carbocycles. The lowest BCUT2D eigenvalue weighted by atomic mass is 9.93. The van der Waals surface area contributed by atoms with Crippen LogP contribution in [0.25, 0.3) is 0 Å². The molecule has 0 bridgehead atoms. The highest BCUT2D eigenvalue weighted by molar-refractivity contribution is 7.43. The van der Waals surface area contributed by atoms with E-state index in [1.54, 1.807) is 0 Å². The minimum Gasteiger partial charge on any atom is -0.409 e. The molecule has 6 aromatic carbocycles. The fourth-order valence-corrected chi connectivity index (χ4v) is 6.56. The molecule has 0 amide bonds. The van der Waals surface area contributed by atoms with Crippen molar-refractivity contribution < 1.29 is 13.6 Å². The summed E-state index contributed by atoms with van der Waals surface area (Å²) in [5.41, 5.74) is 7.49. The molecule has 6 aromatic rings. The van der Waals surface area contributed by atoms with Crippen LogP contribution < -0.4 is 13.6 Å². The van der Waals surface area contributed by atoms with Gasteiger partial charge >= 0.3 is 8.60 Å². The van der Waals surface area contributed by atoms with Gasteiger partial charge in [0.2, 0.25) is 0 Å². The molecule has 0 aliphatic rings. The quantitative estimate of drug-likeness (QED) is 0.127. The number of hydrogen-bond acceptors (Lipinski definition) is 3. The third kappa shape index (κ3) is 7.86. The van der Waals surface area contributed by atoms with Crippen LogP contribution in [0.1, 0.15) is 71.9 Å². The van der Waals surface area contributed by atoms with E-state index in [4.69, 9.17) is 13.6 Å². The Labute approximate surface area is 274 Å². The molecule has 230 valence electrons. The summed E-state index contributed by atoms with van der Waals surface area (Å²) in [5, 5.41) is 0. The molecule has 0 aliphatic heterocycles. The highest BCUT2D eigenvalue weighted by Crippen LogP contribution is 2.43. The number of benzene rings is 6. The Bertz CT molecular complexity index is 1560. The van der Waals surface area contributed by atoms with Gasteiger partial charge in [-0.1, -0.05) is 148 Å². The number of rotatable bonds is 12. The third-order valence-corrected chi connectivity index (χ3v) is 9.66. The summed E-state index contributed by atoms with van der Waals surface area (Å²) >= 11 is 0. The molecule has 0 N–H and O–H groups in total. The van der Waals surface area contributed by atoms with Crippen molar-refractivity contribution in [3.8, 4) is 17.2 Å². The van der Waals surface area contributed by atoms with Gasteiger partial charge in [-0.25, -0.2) is 0 Å². The average Bonchev–Trinajstić information content (AvgIpc) is 3.13. The molecule has 0 radical (unpaired) electrons. The zero-order valence-corrected chi connectivity index (χ0v) is 27.4. The first-order valence-electron chi connectivity index (χ1n) is 15.8. The molecule has 0 heterocycles. The molecule has 3 unspecified atom stereocenters. The molecule has 0 fully saturated rings. The first-order chi connectivity index (χ1) is 22.5. The van der Waals surface area contributed by atoms with Crippen LogP contribution in [0.4, 0.5) is 0 Å². The molecule has 3 atom stereocenters. The van der Waals surface area contributed by atoms with Crippen LogP contribution in [0.15, 0.2) is 164 Å². The van der Waals surface area contributed by atoms with E-state index in [-0.39, 0.29) is 17.8 Å². The maximum Gasteiger partial charge on any atom is 0.530 e. The second-order valence-corrected chi connectivity index (χ2v) is 12.6. The van der Waals surface area contributed by atoms with Crippen molar-refractivity contribution in [2.24, 2.45) is 0 Å². The van der Waals surface area contributed by atoms with E-state index in [1.165, 1.54) is 33.4 Å². The molecular weight excluding hydrogens is 583 g/mol. The Kier molecular flexibility index (Phi) is 10.1. The first kappa shape index (κ1) is 31.1. The summed E-state index contributed by atoms with van der Waals surface area (Å²) in [6.07, 6.45) is 0. The van der Waals surface area contributed by atoms with Crippen molar-refractivity contribution in [1.82, 2.24) is 0 Å². The molecule has 3 nitrogen and oxygen atoms in total. The van der Waals surface area contributed by atoms with E-state index in [9.17, 15) is 0 Å². The Morgan fingerprint density at radius 1 is 0.304 bits per heavy atom. The molecule has 0 aromatic heterocycles. The molecule has 0 aliphatic carbocycles. The Morgan fingerprint density at radius 2 is 0.522 bits per heavy atom. The summed E-state index contributed by atoms with van der Waals surface area (Å²) < 4.78 is 19.1. The SMILES string of the molecule is CC(c1ccccc1)c1ccc(OP(Oc2ccc(C(C)c3ccccc3)cc2)Oc2ccc(C(C)c3ccccc3)cc2)cc1. The number of hydrogen-bond donors (Lipinski definition) is 0. The van der Waals surface area contributed by atoms with Gasteiger partial charge in [0.15, 0.2) is 0 Å². The summed E-state index contributed by atoms with van der Waals surface area (Å²) in [5.74, 6) is 2.91. The van der Waals surface area contributed by atoms with Crippen molar-refractivity contribution >= 4 is 8.60 Å². The van der Waals surface area contributed by atoms with Gasteiger partial charge in [0, 0.05) is 17.8 Å². The smallest absolute Gasteiger partial charge is 0.409 e. The van der Waals surface area contributed by atoms with Crippen molar-refractivity contribution in [2.45, 2.75) is 38.5 Å². The van der Waals surface area contributed by atoms with Crippen molar-refractivity contribution in [2.75, 3.05) is 0 Å². The maximum atomic E-state index is 6.38. The van der Waals surface area contributed by atoms with E-state index in [1.807, 2.05) is 54.6 Å². The van der Waals surface area contributed by atoms with Gasteiger partial charge in [-0.15, -0.1) is 0 Å². The highest BCUT2D eigenvalue weighted by Gasteiger charge is 2.21. The predicted molar refractivity (Wildman–Crippen MR) is 190 cm³/mol. The van der Waals surface area contributed by atoms with Crippen LogP contribution in [0.2, 0.25) is 0 Å². The van der Waals surface area contributed by atoms with Crippen molar-refractivity contribution in [3.05, 3.63) is 197 Å². The lowest BCUT2D eigenvalue weighted by molar-refractivity contribution is 0.388. The first-order valence-corrected chi connectivity index (χ1v) is 16.9. The van der Waals surface area contributed by atoms with E-state index >= 15 is 0 Å². The van der Waals surface area contributed by atoms with Gasteiger partial charge in [0.1, 0.15) is 17.2 Å². The van der Waals surface area contributed by atoms with Crippen LogP contribution >= 0.6 is 8.60 Å². The molecule has 0 spiro atoms. The maximum absolute atomic E-state index is 6.38. The van der Waals surface area contributed by atoms with Gasteiger partial charge in [-0.05, 0) is 69.8 Å². The third-order valence-electron chi connectivity index (χ3n) is 8.58. The van der Waals surface area contributed by atoms with Gasteiger partial charge in [0.25, 0.3) is 0 Å². The average molecular weight is 623 g/mol. The Hall–Kier alpha value is -4.85. The highest BCUT2D eigenvalue weighted by atomic mass is 31.2. The van der Waals surface area contributed by atoms with Crippen LogP contribution in [0, 0.1) is 0 Å². The van der Waals surface area contributed by atoms with Crippen LogP contribution in [-0.4, -0.2) is 0 Å². The minimum absolute atomic E-state index is 0.276. The topological polar surface area (TPSA) is 27.7 Å². The summed E-state index contributed by atoms with van der Waals surface area (Å²) in [6.45, 7) is 6.65. The van der Waals surface area contributed by atoms with E-state index in [0.717, 1.165) is 0 Å². The molecule has 6 rings (SSSR count). The summed E-state index contributed by atoms with van der Waals surface area (Å²) in [7, 11) is -1.80. The second kappa shape index (κ2) is 15.0. The fourth-order valence-electron chi connectivity index (χ4n) is 5.57. The predicted octanol–water partition coefficient (Wildman–Crippen LogP) is 11.9. The largest absolute Gasteiger partial charge is 0.530 e. The summed E-state index contributed by atoms with van der Waals surface area (Å²) in [4.78, 5) is 0. The van der Waals surface area contributed by atoms with Crippen molar-refractivity contribution in [3.63, 3.8) is 0 Å². The normalized spacial score (nSPS) is 13.6. The van der Waals surface area contributed by atoms with Crippen LogP contribution in [0.5, 0.6) is 17.2 Å². The lowest BCUT2D eigenvalue weighted by Crippen LogP contribution is -2.03. The monoisotopic (exact) mass is 622 g/mol. The van der Waals surface area contributed by atoms with Gasteiger partial charge in [-0.2, -0.15) is 0 Å². The Morgan fingerprint density at radius 3 is 0.761 bits per heavy atom. The molecule has 0 saturated heterocycles. The van der Waals surface area contributed by atoms with E-state index in [0.29, 0.717) is 17.2 Å². The van der Waals surface area contributed by atoms with Crippen LogP contribution in [0.3, 0.4) is 0 Å². The van der Waals surface area contributed by atoms with E-state index in [2.05, 4.69) is 130 Å². The zero-order chi connectivity index (χ0) is 31.7. The Balaban J connectivity index is 1.19. The van der Waals surface area contributed by atoms with Gasteiger partial charge in [0.05, 0.1) is 0 Å². The minimum atomic E-state index is -1.80. The van der Waals surface area contributed by atoms with Gasteiger partial charge in [-0.3, -0.25) is 0 Å². The zero-order valence-electron chi connectivity index (χ0n) is 26.5. The standard InChI is InChI=1S/C42H39O3P/c1-31(34-13-7-4-8-14-34)37-19-25-40(26-20-37)43-46(44-41-27-21-38(22-28-41)32(2)35-15-9-5-10-16-35)45-42-29-23-39(24-30-42)33(3)36-17-11-6-12-18-36/h4-33H,1-3H3. The lowest BCUT2D eigenvalue weighted by Gasteiger charge is -2.20. The van der Waals surface area contributed by atoms with Crippen LogP contribution in [-0.2, 0) is 0 Å². The molecule has 4 heteroatoms. The second-order valence-electron chi connectivity index (χ2n) is 11.6. The molecule has 46 heavy (non-hydrogen) atoms. The fraction of sp³-hybridized carbons (Fsp3) is 0.143. The van der Waals surface area contributed by atoms with E-state index < -0.39 is 8.60 Å². The van der Waals surface area contributed by atoms with Crippen molar-refractivity contribution in [1.29, 1.82) is 0 Å². The molecular formula is C42H39O3P. The van der Waals surface area contributed by atoms with Gasteiger partial charge < -0.3 is 13.6 Å². The summed E-state index contributed by atoms with van der Waals surface area (Å²) in [6, 6.07) is 56.2.